The van der Waals surface area contributed by atoms with E-state index >= 15 is 0 Å². The molecule has 0 spiro atoms. The van der Waals surface area contributed by atoms with Crippen molar-refractivity contribution in [3.63, 3.8) is 0 Å². The summed E-state index contributed by atoms with van der Waals surface area (Å²) in [5, 5.41) is 11.5. The van der Waals surface area contributed by atoms with Gasteiger partial charge in [0.1, 0.15) is 0 Å². The van der Waals surface area contributed by atoms with Crippen LogP contribution < -0.4 is 0 Å². The quantitative estimate of drug-likeness (QED) is 0.898. The first-order valence-corrected chi connectivity index (χ1v) is 7.42. The standard InChI is InChI=1S/C17H18ClNO/c1-11-10-13(18)7-8-14(11)17(20)15-6-2-4-12-5-3-9-19-16(12)15/h3,5,7-10,15,17,20H,2,4,6H2,1H3. The molecular weight excluding hydrogens is 270 g/mol. The molecule has 1 N–H and O–H groups in total. The molecule has 0 saturated carbocycles. The molecule has 2 nitrogen and oxygen atoms in total. The number of nitrogens with zero attached hydrogens (tertiary/aromatic N) is 1. The zero-order valence-corrected chi connectivity index (χ0v) is 12.3. The number of fused-ring (bicyclic) bond motifs is 1. The topological polar surface area (TPSA) is 33.1 Å². The van der Waals surface area contributed by atoms with Crippen molar-refractivity contribution in [1.29, 1.82) is 0 Å². The number of aliphatic hydroxyl groups is 1. The van der Waals surface area contributed by atoms with Crippen molar-refractivity contribution >= 4 is 11.6 Å². The van der Waals surface area contributed by atoms with E-state index in [1.807, 2.05) is 37.4 Å². The largest absolute Gasteiger partial charge is 0.388 e. The summed E-state index contributed by atoms with van der Waals surface area (Å²) in [6.45, 7) is 1.99. The van der Waals surface area contributed by atoms with Crippen molar-refractivity contribution in [2.75, 3.05) is 0 Å². The van der Waals surface area contributed by atoms with E-state index in [9.17, 15) is 5.11 Å². The second-order valence-corrected chi connectivity index (χ2v) is 5.93. The first-order chi connectivity index (χ1) is 9.66. The summed E-state index contributed by atoms with van der Waals surface area (Å²) in [4.78, 5) is 4.51. The number of aromatic nitrogens is 1. The predicted molar refractivity (Wildman–Crippen MR) is 81.1 cm³/mol. The fourth-order valence-corrected chi connectivity index (χ4v) is 3.37. The molecule has 0 radical (unpaired) electrons. The molecular formula is C17H18ClNO. The van der Waals surface area contributed by atoms with Gasteiger partial charge in [-0.2, -0.15) is 0 Å². The van der Waals surface area contributed by atoms with Gasteiger partial charge < -0.3 is 5.11 Å². The molecule has 2 atom stereocenters. The molecule has 1 aromatic carbocycles. The highest BCUT2D eigenvalue weighted by atomic mass is 35.5. The van der Waals surface area contributed by atoms with Crippen molar-refractivity contribution in [3.8, 4) is 0 Å². The van der Waals surface area contributed by atoms with Crippen molar-refractivity contribution in [1.82, 2.24) is 4.98 Å². The molecule has 3 rings (SSSR count). The molecule has 2 unspecified atom stereocenters. The van der Waals surface area contributed by atoms with Crippen LogP contribution in [-0.2, 0) is 6.42 Å². The van der Waals surface area contributed by atoms with Crippen molar-refractivity contribution in [3.05, 3.63) is 63.9 Å². The van der Waals surface area contributed by atoms with Crippen LogP contribution in [0, 0.1) is 6.92 Å². The van der Waals surface area contributed by atoms with E-state index in [-0.39, 0.29) is 5.92 Å². The van der Waals surface area contributed by atoms with Crippen LogP contribution in [0.3, 0.4) is 0 Å². The van der Waals surface area contributed by atoms with E-state index in [4.69, 9.17) is 11.6 Å². The summed E-state index contributed by atoms with van der Waals surface area (Å²) in [6, 6.07) is 9.77. The highest BCUT2D eigenvalue weighted by Crippen LogP contribution is 2.40. The Bertz CT molecular complexity index is 626. The summed E-state index contributed by atoms with van der Waals surface area (Å²) in [5.41, 5.74) is 4.32. The maximum Gasteiger partial charge on any atom is 0.0876 e. The number of aryl methyl sites for hydroxylation is 2. The Labute approximate surface area is 124 Å². The Hall–Kier alpha value is -1.38. The monoisotopic (exact) mass is 287 g/mol. The first-order valence-electron chi connectivity index (χ1n) is 7.04. The van der Waals surface area contributed by atoms with Gasteiger partial charge in [-0.3, -0.25) is 4.98 Å². The summed E-state index contributed by atoms with van der Waals surface area (Å²) in [6.07, 6.45) is 4.45. The van der Waals surface area contributed by atoms with E-state index in [2.05, 4.69) is 11.1 Å². The maximum absolute atomic E-state index is 10.8. The van der Waals surface area contributed by atoms with E-state index in [1.54, 1.807) is 0 Å². The molecule has 104 valence electrons. The lowest BCUT2D eigenvalue weighted by atomic mass is 9.80. The summed E-state index contributed by atoms with van der Waals surface area (Å²) >= 11 is 5.99. The molecule has 0 bridgehead atoms. The molecule has 0 aliphatic heterocycles. The third kappa shape index (κ3) is 2.46. The van der Waals surface area contributed by atoms with Gasteiger partial charge in [0.25, 0.3) is 0 Å². The minimum absolute atomic E-state index is 0.0832. The first kappa shape index (κ1) is 13.6. The molecule has 2 aromatic rings. The van der Waals surface area contributed by atoms with Crippen LogP contribution in [-0.4, -0.2) is 10.1 Å². The van der Waals surface area contributed by atoms with Gasteiger partial charge in [-0.05, 0) is 61.1 Å². The fraction of sp³-hybridized carbons (Fsp3) is 0.353. The van der Waals surface area contributed by atoms with Gasteiger partial charge in [0.05, 0.1) is 6.10 Å². The predicted octanol–water partition coefficient (Wildman–Crippen LogP) is 4.20. The Kier molecular flexibility index (Phi) is 3.77. The van der Waals surface area contributed by atoms with E-state index < -0.39 is 6.10 Å². The molecule has 1 aliphatic rings. The van der Waals surface area contributed by atoms with Crippen LogP contribution in [0.25, 0.3) is 0 Å². The number of rotatable bonds is 2. The number of benzene rings is 1. The van der Waals surface area contributed by atoms with Gasteiger partial charge in [0.2, 0.25) is 0 Å². The van der Waals surface area contributed by atoms with Gasteiger partial charge in [-0.25, -0.2) is 0 Å². The Morgan fingerprint density at radius 2 is 2.20 bits per heavy atom. The molecule has 3 heteroatoms. The van der Waals surface area contributed by atoms with Gasteiger partial charge in [-0.15, -0.1) is 0 Å². The van der Waals surface area contributed by atoms with Crippen LogP contribution in [0.1, 0.15) is 47.2 Å². The smallest absolute Gasteiger partial charge is 0.0876 e. The zero-order valence-electron chi connectivity index (χ0n) is 11.5. The number of halogens is 1. The number of aliphatic hydroxyl groups excluding tert-OH is 1. The van der Waals surface area contributed by atoms with E-state index in [1.165, 1.54) is 5.56 Å². The van der Waals surface area contributed by atoms with Gasteiger partial charge in [0.15, 0.2) is 0 Å². The molecule has 20 heavy (non-hydrogen) atoms. The van der Waals surface area contributed by atoms with Gasteiger partial charge in [-0.1, -0.05) is 23.7 Å². The SMILES string of the molecule is Cc1cc(Cl)ccc1C(O)C1CCCc2cccnc21. The molecule has 0 amide bonds. The lowest BCUT2D eigenvalue weighted by Gasteiger charge is -2.29. The summed E-state index contributed by atoms with van der Waals surface area (Å²) in [7, 11) is 0. The molecule has 0 saturated heterocycles. The minimum Gasteiger partial charge on any atom is -0.388 e. The minimum atomic E-state index is -0.513. The van der Waals surface area contributed by atoms with E-state index in [0.29, 0.717) is 5.02 Å². The third-order valence-corrected chi connectivity index (χ3v) is 4.41. The summed E-state index contributed by atoms with van der Waals surface area (Å²) < 4.78 is 0. The molecule has 1 aromatic heterocycles. The Morgan fingerprint density at radius 1 is 1.35 bits per heavy atom. The van der Waals surface area contributed by atoms with Crippen molar-refractivity contribution in [2.24, 2.45) is 0 Å². The van der Waals surface area contributed by atoms with Gasteiger partial charge >= 0.3 is 0 Å². The fourth-order valence-electron chi connectivity index (χ4n) is 3.14. The third-order valence-electron chi connectivity index (χ3n) is 4.17. The zero-order chi connectivity index (χ0) is 14.1. The lowest BCUT2D eigenvalue weighted by molar-refractivity contribution is 0.133. The van der Waals surface area contributed by atoms with Crippen molar-refractivity contribution < 1.29 is 5.11 Å². The second-order valence-electron chi connectivity index (χ2n) is 5.49. The van der Waals surface area contributed by atoms with Gasteiger partial charge in [0, 0.05) is 22.8 Å². The maximum atomic E-state index is 10.8. The van der Waals surface area contributed by atoms with Crippen LogP contribution >= 0.6 is 11.6 Å². The average molecular weight is 288 g/mol. The Morgan fingerprint density at radius 3 is 3.00 bits per heavy atom. The molecule has 0 fully saturated rings. The number of hydrogen-bond donors (Lipinski definition) is 1. The van der Waals surface area contributed by atoms with Crippen molar-refractivity contribution in [2.45, 2.75) is 38.2 Å². The van der Waals surface area contributed by atoms with Crippen LogP contribution in [0.15, 0.2) is 36.5 Å². The van der Waals surface area contributed by atoms with Crippen LogP contribution in [0.5, 0.6) is 0 Å². The number of hydrogen-bond acceptors (Lipinski definition) is 2. The van der Waals surface area contributed by atoms with Crippen LogP contribution in [0.4, 0.5) is 0 Å². The number of pyridine rings is 1. The molecule has 1 heterocycles. The summed E-state index contributed by atoms with van der Waals surface area (Å²) in [5.74, 6) is 0.0832. The highest BCUT2D eigenvalue weighted by molar-refractivity contribution is 6.30. The normalized spacial score (nSPS) is 19.4. The average Bonchev–Trinajstić information content (AvgIpc) is 2.46. The van der Waals surface area contributed by atoms with E-state index in [0.717, 1.165) is 36.1 Å². The molecule has 1 aliphatic carbocycles. The highest BCUT2D eigenvalue weighted by Gasteiger charge is 2.29. The Balaban J connectivity index is 1.97. The van der Waals surface area contributed by atoms with Crippen LogP contribution in [0.2, 0.25) is 5.02 Å². The second kappa shape index (κ2) is 5.55. The lowest BCUT2D eigenvalue weighted by Crippen LogP contribution is -2.19.